The van der Waals surface area contributed by atoms with Crippen LogP contribution in [0, 0.1) is 0 Å². The van der Waals surface area contributed by atoms with Crippen molar-refractivity contribution in [1.29, 1.82) is 0 Å². The van der Waals surface area contributed by atoms with E-state index >= 15 is 4.57 Å². The Morgan fingerprint density at radius 1 is 0.697 bits per heavy atom. The molecule has 0 heterocycles. The predicted molar refractivity (Wildman–Crippen MR) is 137 cm³/mol. The Hall–Kier alpha value is -3.81. The normalized spacial score (nSPS) is 11.4. The molecule has 33 heavy (non-hydrogen) atoms. The van der Waals surface area contributed by atoms with Gasteiger partial charge in [-0.25, -0.2) is 0 Å². The zero-order valence-corrected chi connectivity index (χ0v) is 19.1. The summed E-state index contributed by atoms with van der Waals surface area (Å²) in [6.45, 7) is 0. The van der Waals surface area contributed by atoms with E-state index in [1.54, 1.807) is 13.2 Å². The molecule has 0 unspecified atom stereocenters. The molecular weight excluding hydrogens is 427 g/mol. The van der Waals surface area contributed by atoms with Crippen molar-refractivity contribution in [2.75, 3.05) is 7.11 Å². The zero-order chi connectivity index (χ0) is 22.8. The largest absolute Gasteiger partial charge is 0.507 e. The Morgan fingerprint density at radius 3 is 1.91 bits per heavy atom. The lowest BCUT2D eigenvalue weighted by Gasteiger charge is -2.23. The maximum absolute atomic E-state index is 15.1. The van der Waals surface area contributed by atoms with Crippen LogP contribution in [0.2, 0.25) is 0 Å². The highest BCUT2D eigenvalue weighted by molar-refractivity contribution is 7.85. The highest BCUT2D eigenvalue weighted by Crippen LogP contribution is 2.47. The molecule has 4 heteroatoms. The summed E-state index contributed by atoms with van der Waals surface area (Å²) in [6.07, 6.45) is 0. The smallest absolute Gasteiger partial charge is 0.171 e. The van der Waals surface area contributed by atoms with Crippen LogP contribution in [0.15, 0.2) is 115 Å². The first-order chi connectivity index (χ1) is 16.1. The van der Waals surface area contributed by atoms with Gasteiger partial charge in [0, 0.05) is 21.5 Å². The molecule has 0 radical (unpaired) electrons. The number of benzene rings is 5. The summed E-state index contributed by atoms with van der Waals surface area (Å²) in [6, 6.07) is 36.2. The molecule has 0 aliphatic heterocycles. The molecule has 5 rings (SSSR count). The van der Waals surface area contributed by atoms with Crippen LogP contribution in [0.1, 0.15) is 0 Å². The molecule has 0 amide bonds. The monoisotopic (exact) mass is 450 g/mol. The van der Waals surface area contributed by atoms with E-state index in [1.807, 2.05) is 109 Å². The standard InChI is InChI=1S/C29H23O3P/c1-32-22-18-16-21-17-19-27(30)29(26(21)20-22)25-14-8-9-15-28(25)33(31,23-10-4-2-5-11-23)24-12-6-3-7-13-24/h2-20,30H,1H3. The Kier molecular flexibility index (Phi) is 5.50. The third-order valence-corrected chi connectivity index (χ3v) is 9.08. The van der Waals surface area contributed by atoms with E-state index in [0.29, 0.717) is 16.6 Å². The average molecular weight is 450 g/mol. The summed E-state index contributed by atoms with van der Waals surface area (Å²) < 4.78 is 20.5. The lowest BCUT2D eigenvalue weighted by molar-refractivity contribution is 0.415. The van der Waals surface area contributed by atoms with Gasteiger partial charge >= 0.3 is 0 Å². The molecule has 0 aromatic heterocycles. The number of methoxy groups -OCH3 is 1. The predicted octanol–water partition coefficient (Wildman–Crippen LogP) is 5.86. The molecule has 0 bridgehead atoms. The quantitative estimate of drug-likeness (QED) is 0.341. The first-order valence-electron chi connectivity index (χ1n) is 10.7. The van der Waals surface area contributed by atoms with Gasteiger partial charge in [-0.15, -0.1) is 0 Å². The summed E-state index contributed by atoms with van der Waals surface area (Å²) in [5, 5.41) is 15.0. The third kappa shape index (κ3) is 3.61. The van der Waals surface area contributed by atoms with Gasteiger partial charge in [-0.3, -0.25) is 0 Å². The lowest BCUT2D eigenvalue weighted by atomic mass is 9.97. The third-order valence-electron chi connectivity index (χ3n) is 5.96. The van der Waals surface area contributed by atoms with Crippen molar-refractivity contribution in [1.82, 2.24) is 0 Å². The lowest BCUT2D eigenvalue weighted by Crippen LogP contribution is -2.26. The van der Waals surface area contributed by atoms with Gasteiger partial charge in [-0.05, 0) is 34.5 Å². The van der Waals surface area contributed by atoms with Crippen LogP contribution in [0.4, 0.5) is 0 Å². The molecule has 5 aromatic carbocycles. The van der Waals surface area contributed by atoms with Gasteiger partial charge < -0.3 is 14.4 Å². The molecule has 0 spiro atoms. The van der Waals surface area contributed by atoms with Crippen LogP contribution in [0.3, 0.4) is 0 Å². The number of fused-ring (bicyclic) bond motifs is 1. The molecule has 162 valence electrons. The molecule has 0 saturated heterocycles. The molecule has 1 N–H and O–H groups in total. The molecule has 0 aliphatic rings. The van der Waals surface area contributed by atoms with Crippen LogP contribution in [-0.2, 0) is 4.57 Å². The Balaban J connectivity index is 1.87. The van der Waals surface area contributed by atoms with Crippen LogP contribution < -0.4 is 20.7 Å². The SMILES string of the molecule is COc1ccc2ccc(O)c(-c3ccccc3P(=O)(c3ccccc3)c3ccccc3)c2c1. The number of rotatable bonds is 5. The molecular formula is C29H23O3P. The number of phenols is 1. The fraction of sp³-hybridized carbons (Fsp3) is 0.0345. The minimum Gasteiger partial charge on any atom is -0.507 e. The van der Waals surface area contributed by atoms with E-state index < -0.39 is 7.14 Å². The van der Waals surface area contributed by atoms with Gasteiger partial charge in [0.2, 0.25) is 0 Å². The van der Waals surface area contributed by atoms with E-state index in [2.05, 4.69) is 0 Å². The molecule has 0 atom stereocenters. The topological polar surface area (TPSA) is 46.5 Å². The second-order valence-electron chi connectivity index (χ2n) is 7.84. The summed E-state index contributed by atoms with van der Waals surface area (Å²) >= 11 is 0. The van der Waals surface area contributed by atoms with Gasteiger partial charge in [-0.1, -0.05) is 97.1 Å². The maximum Gasteiger partial charge on any atom is 0.171 e. The van der Waals surface area contributed by atoms with Crippen molar-refractivity contribution in [2.45, 2.75) is 0 Å². The van der Waals surface area contributed by atoms with Crippen molar-refractivity contribution in [3.05, 3.63) is 115 Å². The summed E-state index contributed by atoms with van der Waals surface area (Å²) in [5.74, 6) is 0.831. The van der Waals surface area contributed by atoms with E-state index in [0.717, 1.165) is 26.9 Å². The Bertz CT molecular complexity index is 1430. The van der Waals surface area contributed by atoms with Crippen LogP contribution in [-0.4, -0.2) is 12.2 Å². The minimum absolute atomic E-state index is 0.135. The van der Waals surface area contributed by atoms with Crippen LogP contribution in [0.5, 0.6) is 11.5 Å². The molecule has 5 aromatic rings. The second kappa shape index (κ2) is 8.61. The van der Waals surface area contributed by atoms with Gasteiger partial charge in [0.25, 0.3) is 0 Å². The number of hydrogen-bond donors (Lipinski definition) is 1. The first kappa shape index (κ1) is 21.1. The number of aromatic hydroxyl groups is 1. The highest BCUT2D eigenvalue weighted by Gasteiger charge is 2.32. The second-order valence-corrected chi connectivity index (χ2v) is 10.6. The average Bonchev–Trinajstić information content (AvgIpc) is 2.89. The van der Waals surface area contributed by atoms with E-state index in [-0.39, 0.29) is 5.75 Å². The minimum atomic E-state index is -3.24. The van der Waals surface area contributed by atoms with Crippen LogP contribution >= 0.6 is 7.14 Å². The van der Waals surface area contributed by atoms with Crippen LogP contribution in [0.25, 0.3) is 21.9 Å². The van der Waals surface area contributed by atoms with Gasteiger partial charge in [0.15, 0.2) is 7.14 Å². The maximum atomic E-state index is 15.1. The van der Waals surface area contributed by atoms with Gasteiger partial charge in [0.1, 0.15) is 11.5 Å². The Labute approximate surface area is 193 Å². The molecule has 0 saturated carbocycles. The zero-order valence-electron chi connectivity index (χ0n) is 18.2. The molecule has 0 fully saturated rings. The highest BCUT2D eigenvalue weighted by atomic mass is 31.2. The van der Waals surface area contributed by atoms with E-state index in [4.69, 9.17) is 4.74 Å². The van der Waals surface area contributed by atoms with Gasteiger partial charge in [-0.2, -0.15) is 0 Å². The van der Waals surface area contributed by atoms with E-state index in [9.17, 15) is 5.11 Å². The number of hydrogen-bond acceptors (Lipinski definition) is 3. The van der Waals surface area contributed by atoms with Gasteiger partial charge in [0.05, 0.1) is 7.11 Å². The van der Waals surface area contributed by atoms with Crippen molar-refractivity contribution in [3.8, 4) is 22.6 Å². The number of ether oxygens (including phenoxy) is 1. The summed E-state index contributed by atoms with van der Waals surface area (Å²) in [5.41, 5.74) is 1.39. The Morgan fingerprint density at radius 2 is 1.27 bits per heavy atom. The summed E-state index contributed by atoms with van der Waals surface area (Å²) in [4.78, 5) is 0. The van der Waals surface area contributed by atoms with E-state index in [1.165, 1.54) is 0 Å². The molecule has 3 nitrogen and oxygen atoms in total. The van der Waals surface area contributed by atoms with Crippen molar-refractivity contribution in [2.24, 2.45) is 0 Å². The van der Waals surface area contributed by atoms with Crippen molar-refractivity contribution >= 4 is 33.8 Å². The number of phenolic OH excluding ortho intramolecular Hbond substituents is 1. The van der Waals surface area contributed by atoms with Crippen molar-refractivity contribution < 1.29 is 14.4 Å². The summed E-state index contributed by atoms with van der Waals surface area (Å²) in [7, 11) is -1.62. The van der Waals surface area contributed by atoms with Crippen molar-refractivity contribution in [3.63, 3.8) is 0 Å². The molecule has 0 aliphatic carbocycles. The fourth-order valence-corrected chi connectivity index (χ4v) is 7.22. The fourth-order valence-electron chi connectivity index (χ4n) is 4.36. The first-order valence-corrected chi connectivity index (χ1v) is 12.4.